The van der Waals surface area contributed by atoms with Crippen molar-refractivity contribution in [1.82, 2.24) is 10.6 Å². The summed E-state index contributed by atoms with van der Waals surface area (Å²) in [5.74, 6) is -1.29. The smallest absolute Gasteiger partial charge is 0.407 e. The maximum absolute atomic E-state index is 12.6. The van der Waals surface area contributed by atoms with Gasteiger partial charge in [-0.2, -0.15) is 0 Å². The summed E-state index contributed by atoms with van der Waals surface area (Å²) >= 11 is 0. The molecule has 2 aliphatic carbocycles. The van der Waals surface area contributed by atoms with Crippen LogP contribution in [0.25, 0.3) is 11.1 Å². The van der Waals surface area contributed by atoms with Gasteiger partial charge in [0.05, 0.1) is 6.04 Å². The van der Waals surface area contributed by atoms with Gasteiger partial charge in [0.2, 0.25) is 5.91 Å². The Bertz CT molecular complexity index is 1050. The van der Waals surface area contributed by atoms with Gasteiger partial charge in [-0.05, 0) is 48.4 Å². The van der Waals surface area contributed by atoms with Crippen molar-refractivity contribution >= 4 is 18.0 Å². The van der Waals surface area contributed by atoms with Crippen molar-refractivity contribution in [2.24, 2.45) is 5.92 Å². The van der Waals surface area contributed by atoms with E-state index < -0.39 is 12.1 Å². The molecule has 0 saturated carbocycles. The van der Waals surface area contributed by atoms with Gasteiger partial charge in [-0.25, -0.2) is 4.79 Å². The zero-order chi connectivity index (χ0) is 24.1. The highest BCUT2D eigenvalue weighted by Gasteiger charge is 2.30. The Morgan fingerprint density at radius 2 is 1.71 bits per heavy atom. The Balaban J connectivity index is 1.29. The van der Waals surface area contributed by atoms with Crippen LogP contribution < -0.4 is 10.6 Å². The van der Waals surface area contributed by atoms with Crippen LogP contribution in [-0.4, -0.2) is 41.8 Å². The summed E-state index contributed by atoms with van der Waals surface area (Å²) in [4.78, 5) is 35.9. The molecule has 0 bridgehead atoms. The van der Waals surface area contributed by atoms with Gasteiger partial charge in [0.15, 0.2) is 0 Å². The monoisotopic (exact) mass is 462 g/mol. The zero-order valence-corrected chi connectivity index (χ0v) is 19.2. The van der Waals surface area contributed by atoms with Crippen LogP contribution >= 0.6 is 0 Å². The SMILES string of the molecule is CC(CCC(=O)O)NC(=O)[C@@H]1CC=C[C@@H](NC(=O)OCC2c3ccccc3-c3ccccc32)C1. The lowest BCUT2D eigenvalue weighted by molar-refractivity contribution is -0.137. The Morgan fingerprint density at radius 1 is 1.06 bits per heavy atom. The Kier molecular flexibility index (Phi) is 7.30. The predicted octanol–water partition coefficient (Wildman–Crippen LogP) is 4.23. The van der Waals surface area contributed by atoms with E-state index in [1.54, 1.807) is 6.92 Å². The minimum absolute atomic E-state index is 0.00846. The summed E-state index contributed by atoms with van der Waals surface area (Å²) in [7, 11) is 0. The number of allylic oxidation sites excluding steroid dienone is 1. The number of carboxylic acid groups (broad SMARTS) is 1. The van der Waals surface area contributed by atoms with Crippen LogP contribution in [0.1, 0.15) is 49.7 Å². The van der Waals surface area contributed by atoms with Crippen LogP contribution in [0.5, 0.6) is 0 Å². The van der Waals surface area contributed by atoms with Gasteiger partial charge in [-0.15, -0.1) is 0 Å². The normalized spacial score (nSPS) is 19.6. The molecule has 1 unspecified atom stereocenters. The number of fused-ring (bicyclic) bond motifs is 3. The number of hydrogen-bond acceptors (Lipinski definition) is 4. The number of aliphatic carboxylic acids is 1. The average Bonchev–Trinajstić information content (AvgIpc) is 3.15. The fraction of sp³-hybridized carbons (Fsp3) is 0.370. The van der Waals surface area contributed by atoms with Gasteiger partial charge in [0, 0.05) is 24.3 Å². The lowest BCUT2D eigenvalue weighted by atomic mass is 9.90. The predicted molar refractivity (Wildman–Crippen MR) is 128 cm³/mol. The second kappa shape index (κ2) is 10.5. The molecule has 0 saturated heterocycles. The molecule has 2 aromatic carbocycles. The molecule has 178 valence electrons. The second-order valence-corrected chi connectivity index (χ2v) is 9.01. The van der Waals surface area contributed by atoms with Gasteiger partial charge < -0.3 is 20.5 Å². The first-order valence-electron chi connectivity index (χ1n) is 11.7. The van der Waals surface area contributed by atoms with Gasteiger partial charge >= 0.3 is 12.1 Å². The number of carbonyl (C=O) groups excluding carboxylic acids is 2. The molecule has 2 amide bonds. The first-order chi connectivity index (χ1) is 16.4. The lowest BCUT2D eigenvalue weighted by Gasteiger charge is -2.26. The fourth-order valence-corrected chi connectivity index (χ4v) is 4.77. The van der Waals surface area contributed by atoms with E-state index in [0.717, 1.165) is 11.1 Å². The zero-order valence-electron chi connectivity index (χ0n) is 19.2. The van der Waals surface area contributed by atoms with E-state index in [0.29, 0.717) is 19.3 Å². The Morgan fingerprint density at radius 3 is 2.35 bits per heavy atom. The maximum atomic E-state index is 12.6. The highest BCUT2D eigenvalue weighted by molar-refractivity contribution is 5.80. The molecule has 7 nitrogen and oxygen atoms in total. The topological polar surface area (TPSA) is 105 Å². The van der Waals surface area contributed by atoms with Gasteiger partial charge in [0.1, 0.15) is 6.61 Å². The van der Waals surface area contributed by atoms with E-state index in [-0.39, 0.29) is 42.9 Å². The van der Waals surface area contributed by atoms with Crippen molar-refractivity contribution in [1.29, 1.82) is 0 Å². The number of ether oxygens (including phenoxy) is 1. The summed E-state index contributed by atoms with van der Waals surface area (Å²) < 4.78 is 5.62. The molecule has 3 N–H and O–H groups in total. The molecule has 2 aromatic rings. The molecule has 2 aliphatic rings. The molecular formula is C27H30N2O5. The van der Waals surface area contributed by atoms with Crippen molar-refractivity contribution < 1.29 is 24.2 Å². The van der Waals surface area contributed by atoms with E-state index in [4.69, 9.17) is 9.84 Å². The molecule has 4 rings (SSSR count). The van der Waals surface area contributed by atoms with E-state index in [2.05, 4.69) is 34.9 Å². The van der Waals surface area contributed by atoms with Crippen LogP contribution in [0, 0.1) is 5.92 Å². The molecule has 7 heteroatoms. The highest BCUT2D eigenvalue weighted by atomic mass is 16.5. The van der Waals surface area contributed by atoms with Crippen LogP contribution in [0.2, 0.25) is 0 Å². The molecule has 0 heterocycles. The minimum atomic E-state index is -0.881. The van der Waals surface area contributed by atoms with Crippen LogP contribution in [0.3, 0.4) is 0 Å². The number of rotatable bonds is 8. The molecule has 0 fully saturated rings. The molecule has 3 atom stereocenters. The summed E-state index contributed by atoms with van der Waals surface area (Å²) in [5, 5.41) is 14.5. The summed E-state index contributed by atoms with van der Waals surface area (Å²) in [6, 6.07) is 15.8. The van der Waals surface area contributed by atoms with Crippen LogP contribution in [-0.2, 0) is 14.3 Å². The van der Waals surface area contributed by atoms with E-state index in [1.165, 1.54) is 11.1 Å². The molecular weight excluding hydrogens is 432 g/mol. The maximum Gasteiger partial charge on any atom is 0.407 e. The standard InChI is InChI=1S/C27H30N2O5/c1-17(13-14-25(30)31)28-26(32)18-7-6-8-19(15-18)29-27(33)34-16-24-22-11-4-2-9-20(22)21-10-3-5-12-23(21)24/h2-6,8-12,17-19,24H,7,13-16H2,1H3,(H,28,32)(H,29,33)(H,30,31)/t17?,18-,19-/m1/s1. The van der Waals surface area contributed by atoms with E-state index in [9.17, 15) is 14.4 Å². The van der Waals surface area contributed by atoms with Crippen LogP contribution in [0.4, 0.5) is 4.79 Å². The summed E-state index contributed by atoms with van der Waals surface area (Å²) in [6.45, 7) is 2.03. The highest BCUT2D eigenvalue weighted by Crippen LogP contribution is 2.44. The Labute approximate surface area is 199 Å². The van der Waals surface area contributed by atoms with E-state index >= 15 is 0 Å². The quantitative estimate of drug-likeness (QED) is 0.509. The summed E-state index contributed by atoms with van der Waals surface area (Å²) in [5.41, 5.74) is 4.66. The summed E-state index contributed by atoms with van der Waals surface area (Å²) in [6.07, 6.45) is 4.72. The lowest BCUT2D eigenvalue weighted by Crippen LogP contribution is -2.43. The molecule has 34 heavy (non-hydrogen) atoms. The van der Waals surface area contributed by atoms with Gasteiger partial charge in [0.25, 0.3) is 0 Å². The first-order valence-corrected chi connectivity index (χ1v) is 11.7. The number of carbonyl (C=O) groups is 3. The van der Waals surface area contributed by atoms with Crippen molar-refractivity contribution in [3.8, 4) is 11.1 Å². The minimum Gasteiger partial charge on any atom is -0.481 e. The number of benzene rings is 2. The third kappa shape index (κ3) is 5.47. The molecule has 0 spiro atoms. The largest absolute Gasteiger partial charge is 0.481 e. The van der Waals surface area contributed by atoms with Gasteiger partial charge in [-0.3, -0.25) is 9.59 Å². The number of alkyl carbamates (subject to hydrolysis) is 1. The van der Waals surface area contributed by atoms with Crippen molar-refractivity contribution in [2.75, 3.05) is 6.61 Å². The number of carboxylic acids is 1. The fourth-order valence-electron chi connectivity index (χ4n) is 4.77. The number of amides is 2. The van der Waals surface area contributed by atoms with E-state index in [1.807, 2.05) is 36.4 Å². The molecule has 0 radical (unpaired) electrons. The van der Waals surface area contributed by atoms with Crippen molar-refractivity contribution in [3.05, 3.63) is 71.8 Å². The number of nitrogens with one attached hydrogen (secondary N) is 2. The molecule has 0 aliphatic heterocycles. The van der Waals surface area contributed by atoms with Crippen LogP contribution in [0.15, 0.2) is 60.7 Å². The third-order valence-corrected chi connectivity index (χ3v) is 6.53. The Hall–Kier alpha value is -3.61. The molecule has 0 aromatic heterocycles. The van der Waals surface area contributed by atoms with Crippen molar-refractivity contribution in [2.45, 2.75) is 50.6 Å². The average molecular weight is 463 g/mol. The number of hydrogen-bond donors (Lipinski definition) is 3. The first kappa shape index (κ1) is 23.5. The second-order valence-electron chi connectivity index (χ2n) is 9.01. The third-order valence-electron chi connectivity index (χ3n) is 6.53. The van der Waals surface area contributed by atoms with Crippen molar-refractivity contribution in [3.63, 3.8) is 0 Å². The van der Waals surface area contributed by atoms with Gasteiger partial charge in [-0.1, -0.05) is 60.7 Å².